The zero-order valence-electron chi connectivity index (χ0n) is 44.4. The van der Waals surface area contributed by atoms with E-state index in [1.165, 1.54) is 16.2 Å². The summed E-state index contributed by atoms with van der Waals surface area (Å²) >= 11 is 7.90. The summed E-state index contributed by atoms with van der Waals surface area (Å²) in [5.74, 6) is 8.58. The number of Topliss-reactive ketones (excluding diaryl/α,β-unsaturated/α-hetero) is 1. The SMILES string of the molecule is CC(=O)C(C)C.CC(C)CSc1ccccc1.CC(C)Cc1ccccc1Cl.CC(C)c1ccco1.COCc1ccc(C(C)C)o1.COc1ccc(-c2cc(NC(=O)C(C)C)ccc2OC)cc1. The van der Waals surface area contributed by atoms with Gasteiger partial charge in [-0.2, -0.15) is 0 Å². The first-order chi connectivity index (χ1) is 32.7. The molecule has 0 saturated carbocycles. The molecule has 2 aromatic heterocycles. The third-order valence-corrected chi connectivity index (χ3v) is 11.6. The number of nitrogens with one attached hydrogen (secondary N) is 1. The molecule has 0 saturated heterocycles. The van der Waals surface area contributed by atoms with Crippen LogP contribution in [0.1, 0.15) is 125 Å². The molecule has 69 heavy (non-hydrogen) atoms. The Morgan fingerprint density at radius 3 is 1.71 bits per heavy atom. The minimum atomic E-state index is -0.0634. The summed E-state index contributed by atoms with van der Waals surface area (Å²) in [6.07, 6.45) is 2.77. The van der Waals surface area contributed by atoms with Crippen molar-refractivity contribution in [2.24, 2.45) is 23.7 Å². The molecule has 1 N–H and O–H groups in total. The number of benzene rings is 4. The number of furan rings is 2. The van der Waals surface area contributed by atoms with E-state index in [1.807, 2.05) is 124 Å². The quantitative estimate of drug-likeness (QED) is 0.102. The first kappa shape index (κ1) is 61.8. The van der Waals surface area contributed by atoms with Gasteiger partial charge in [-0.05, 0) is 109 Å². The van der Waals surface area contributed by atoms with Crippen molar-refractivity contribution in [1.29, 1.82) is 0 Å². The van der Waals surface area contributed by atoms with E-state index in [1.54, 1.807) is 34.5 Å². The van der Waals surface area contributed by atoms with Crippen molar-refractivity contribution >= 4 is 40.7 Å². The van der Waals surface area contributed by atoms with E-state index in [2.05, 4.69) is 97.1 Å². The highest BCUT2D eigenvalue weighted by atomic mass is 35.5. The van der Waals surface area contributed by atoms with Crippen molar-refractivity contribution in [3.05, 3.63) is 155 Å². The van der Waals surface area contributed by atoms with Crippen LogP contribution in [-0.2, 0) is 27.4 Å². The molecule has 0 radical (unpaired) electrons. The van der Waals surface area contributed by atoms with E-state index in [-0.39, 0.29) is 23.5 Å². The number of methoxy groups -OCH3 is 3. The zero-order valence-corrected chi connectivity index (χ0v) is 45.9. The lowest BCUT2D eigenvalue weighted by molar-refractivity contribution is -0.120. The number of carbonyl (C=O) groups excluding carboxylic acids is 2. The number of rotatable bonds is 15. The Bertz CT molecular complexity index is 2250. The van der Waals surface area contributed by atoms with Gasteiger partial charge in [-0.3, -0.25) is 9.59 Å². The monoisotopic (exact) mass is 984 g/mol. The average Bonchev–Trinajstić information content (AvgIpc) is 4.05. The lowest BCUT2D eigenvalue weighted by Gasteiger charge is -2.13. The maximum atomic E-state index is 11.8. The first-order valence-electron chi connectivity index (χ1n) is 23.9. The second-order valence-electron chi connectivity index (χ2n) is 18.3. The normalized spacial score (nSPS) is 10.4. The molecule has 0 aliphatic rings. The van der Waals surface area contributed by atoms with Crippen LogP contribution in [0.3, 0.4) is 0 Å². The number of anilines is 1. The van der Waals surface area contributed by atoms with Gasteiger partial charge in [-0.15, -0.1) is 11.8 Å². The average molecular weight is 985 g/mol. The summed E-state index contributed by atoms with van der Waals surface area (Å²) in [4.78, 5) is 23.4. The molecule has 0 aliphatic carbocycles. The molecule has 0 unspecified atom stereocenters. The molecule has 4 aromatic carbocycles. The Labute approximate surface area is 425 Å². The second-order valence-corrected chi connectivity index (χ2v) is 19.8. The number of ketones is 1. The minimum Gasteiger partial charge on any atom is -0.497 e. The molecule has 378 valence electrons. The Morgan fingerprint density at radius 1 is 0.652 bits per heavy atom. The molecule has 0 fully saturated rings. The molecular formula is C59H82ClNO7S. The van der Waals surface area contributed by atoms with Crippen LogP contribution in [0.25, 0.3) is 11.1 Å². The molecule has 0 aliphatic heterocycles. The predicted molar refractivity (Wildman–Crippen MR) is 292 cm³/mol. The number of halogens is 1. The molecule has 2 heterocycles. The van der Waals surface area contributed by atoms with Gasteiger partial charge in [0.25, 0.3) is 0 Å². The van der Waals surface area contributed by atoms with Gasteiger partial charge in [0.2, 0.25) is 5.91 Å². The van der Waals surface area contributed by atoms with Crippen molar-refractivity contribution in [2.45, 2.75) is 120 Å². The van der Waals surface area contributed by atoms with E-state index in [4.69, 9.17) is 34.6 Å². The van der Waals surface area contributed by atoms with E-state index in [0.717, 1.165) is 63.0 Å². The molecule has 6 rings (SSSR count). The van der Waals surface area contributed by atoms with Crippen LogP contribution < -0.4 is 14.8 Å². The van der Waals surface area contributed by atoms with E-state index in [0.29, 0.717) is 24.4 Å². The van der Waals surface area contributed by atoms with Crippen LogP contribution in [0.4, 0.5) is 5.69 Å². The Balaban J connectivity index is 0.000000438. The lowest BCUT2D eigenvalue weighted by Crippen LogP contribution is -2.17. The van der Waals surface area contributed by atoms with Crippen molar-refractivity contribution in [1.82, 2.24) is 0 Å². The third-order valence-electron chi connectivity index (χ3n) is 9.77. The van der Waals surface area contributed by atoms with Gasteiger partial charge in [-0.1, -0.05) is 143 Å². The summed E-state index contributed by atoms with van der Waals surface area (Å²) in [6.45, 7) is 27.0. The van der Waals surface area contributed by atoms with Crippen molar-refractivity contribution in [3.63, 3.8) is 0 Å². The van der Waals surface area contributed by atoms with E-state index >= 15 is 0 Å². The second kappa shape index (κ2) is 35.0. The Kier molecular flexibility index (Phi) is 31.3. The zero-order chi connectivity index (χ0) is 51.9. The molecule has 0 atom stereocenters. The highest BCUT2D eigenvalue weighted by Gasteiger charge is 2.12. The summed E-state index contributed by atoms with van der Waals surface area (Å²) in [5, 5.41) is 3.80. The van der Waals surface area contributed by atoms with Gasteiger partial charge >= 0.3 is 0 Å². The van der Waals surface area contributed by atoms with Gasteiger partial charge in [-0.25, -0.2) is 0 Å². The number of thioether (sulfide) groups is 1. The van der Waals surface area contributed by atoms with Gasteiger partial charge in [0.1, 0.15) is 41.2 Å². The molecule has 0 bridgehead atoms. The van der Waals surface area contributed by atoms with Crippen molar-refractivity contribution in [2.75, 3.05) is 32.4 Å². The number of ether oxygens (including phenoxy) is 3. The van der Waals surface area contributed by atoms with Crippen molar-refractivity contribution in [3.8, 4) is 22.6 Å². The highest BCUT2D eigenvalue weighted by molar-refractivity contribution is 7.99. The number of carbonyl (C=O) groups is 2. The van der Waals surface area contributed by atoms with E-state index < -0.39 is 0 Å². The van der Waals surface area contributed by atoms with Crippen molar-refractivity contribution < 1.29 is 32.6 Å². The molecule has 1 amide bonds. The summed E-state index contributed by atoms with van der Waals surface area (Å²) in [5.41, 5.74) is 3.93. The Hall–Kier alpha value is -5.22. The largest absolute Gasteiger partial charge is 0.497 e. The standard InChI is InChI=1S/C18H21NO3.C10H13Cl.C10H14S.C9H14O2.C7H10O.C5H10O/c1-12(2)18(20)19-14-7-10-17(22-4)16(11-14)13-5-8-15(21-3)9-6-13;1-8(2)7-9-5-3-4-6-10(9)11;1-9(2)8-11-10-6-4-3-5-7-10;1-7(2)9-5-4-8(11-9)6-10-3;1-6(2)7-4-3-5-8-7;1-4(2)5(3)6/h5-12H,1-4H3,(H,19,20);3-6,8H,7H2,1-2H3;3-7,9H,8H2,1-2H3;4-5,7H,6H2,1-3H3;3-6H,1-2H3;4H,1-3H3. The van der Waals surface area contributed by atoms with Crippen LogP contribution in [0.2, 0.25) is 5.02 Å². The molecule has 6 aromatic rings. The first-order valence-corrected chi connectivity index (χ1v) is 25.2. The molecule has 8 nitrogen and oxygen atoms in total. The summed E-state index contributed by atoms with van der Waals surface area (Å²) in [6, 6.07) is 39.8. The van der Waals surface area contributed by atoms with Crippen LogP contribution >= 0.6 is 23.4 Å². The van der Waals surface area contributed by atoms with Crippen LogP contribution in [0.5, 0.6) is 11.5 Å². The molecular weight excluding hydrogens is 902 g/mol. The number of hydrogen-bond donors (Lipinski definition) is 1. The van der Waals surface area contributed by atoms with Gasteiger partial charge in [0.05, 0.1) is 20.5 Å². The van der Waals surface area contributed by atoms with Gasteiger partial charge in [0, 0.05) is 57.7 Å². The fourth-order valence-corrected chi connectivity index (χ4v) is 6.58. The van der Waals surface area contributed by atoms with Crippen LogP contribution in [-0.4, -0.2) is 38.8 Å². The maximum Gasteiger partial charge on any atom is 0.226 e. The van der Waals surface area contributed by atoms with E-state index in [9.17, 15) is 9.59 Å². The highest BCUT2D eigenvalue weighted by Crippen LogP contribution is 2.34. The van der Waals surface area contributed by atoms with Gasteiger partial charge in [0.15, 0.2) is 0 Å². The van der Waals surface area contributed by atoms with Crippen LogP contribution in [0, 0.1) is 23.7 Å². The molecule has 0 spiro atoms. The smallest absolute Gasteiger partial charge is 0.226 e. The maximum absolute atomic E-state index is 11.8. The number of amides is 1. The van der Waals surface area contributed by atoms with Gasteiger partial charge < -0.3 is 28.4 Å². The summed E-state index contributed by atoms with van der Waals surface area (Å²) in [7, 11) is 4.93. The number of hydrogen-bond acceptors (Lipinski definition) is 8. The lowest BCUT2D eigenvalue weighted by atomic mass is 10.0. The molecule has 10 heteroatoms. The minimum absolute atomic E-state index is 0.00847. The predicted octanol–water partition coefficient (Wildman–Crippen LogP) is 17.1. The Morgan fingerprint density at radius 2 is 1.26 bits per heavy atom. The fraction of sp³-hybridized carbons (Fsp3) is 0.424. The topological polar surface area (TPSA) is 100 Å². The summed E-state index contributed by atoms with van der Waals surface area (Å²) < 4.78 is 26.1. The fourth-order valence-electron chi connectivity index (χ4n) is 5.50. The third kappa shape index (κ3) is 26.9. The van der Waals surface area contributed by atoms with Crippen LogP contribution in [0.15, 0.2) is 141 Å².